The first-order chi connectivity index (χ1) is 20.9. The Bertz CT molecular complexity index is 1480. The van der Waals surface area contributed by atoms with Crippen molar-refractivity contribution in [2.45, 2.75) is 57.5 Å². The lowest BCUT2D eigenvalue weighted by molar-refractivity contribution is -0.149. The summed E-state index contributed by atoms with van der Waals surface area (Å²) in [5, 5.41) is 3.85. The predicted octanol–water partition coefficient (Wildman–Crippen LogP) is 4.34. The molecule has 8 heteroatoms. The van der Waals surface area contributed by atoms with Crippen molar-refractivity contribution in [3.63, 3.8) is 0 Å². The van der Waals surface area contributed by atoms with Crippen molar-refractivity contribution in [2.75, 3.05) is 34.2 Å². The van der Waals surface area contributed by atoms with Crippen LogP contribution < -0.4 is 11.2 Å². The van der Waals surface area contributed by atoms with Crippen molar-refractivity contribution < 1.29 is 14.4 Å². The van der Waals surface area contributed by atoms with Crippen LogP contribution in [0, 0.1) is 5.41 Å². The molecule has 0 spiro atoms. The van der Waals surface area contributed by atoms with Crippen LogP contribution in [0.2, 0.25) is 0 Å². The number of carbonyl (C=O) groups excluding carboxylic acids is 3. The number of likely N-dealkylation sites (tertiary alicyclic amines) is 1. The molecule has 1 unspecified atom stereocenters. The first-order valence-corrected chi connectivity index (χ1v) is 15.4. The normalized spacial score (nSPS) is 18.0. The van der Waals surface area contributed by atoms with E-state index in [-0.39, 0.29) is 24.3 Å². The van der Waals surface area contributed by atoms with Gasteiger partial charge in [0.2, 0.25) is 17.7 Å². The monoisotopic (exact) mass is 597 g/mol. The highest BCUT2D eigenvalue weighted by Crippen LogP contribution is 2.35. The van der Waals surface area contributed by atoms with Gasteiger partial charge in [-0.25, -0.2) is 5.01 Å². The predicted molar refractivity (Wildman–Crippen MR) is 176 cm³/mol. The number of benzene rings is 3. The number of amides is 3. The Morgan fingerprint density at radius 2 is 1.66 bits per heavy atom. The van der Waals surface area contributed by atoms with Crippen LogP contribution in [0.3, 0.4) is 0 Å². The van der Waals surface area contributed by atoms with Crippen LogP contribution in [0.5, 0.6) is 0 Å². The van der Waals surface area contributed by atoms with E-state index in [0.29, 0.717) is 38.6 Å². The van der Waals surface area contributed by atoms with Crippen LogP contribution in [0.4, 0.5) is 0 Å². The second-order valence-electron chi connectivity index (χ2n) is 13.1. The summed E-state index contributed by atoms with van der Waals surface area (Å²) in [5.74, 6) is -0.519. The van der Waals surface area contributed by atoms with E-state index in [1.54, 1.807) is 37.1 Å². The third-order valence-electron chi connectivity index (χ3n) is 8.33. The van der Waals surface area contributed by atoms with Gasteiger partial charge in [-0.15, -0.1) is 0 Å². The fourth-order valence-corrected chi connectivity index (χ4v) is 5.96. The molecule has 3 aromatic rings. The summed E-state index contributed by atoms with van der Waals surface area (Å²) in [6, 6.07) is 23.5. The second kappa shape index (κ2) is 14.2. The topological polar surface area (TPSA) is 99.0 Å². The highest BCUT2D eigenvalue weighted by atomic mass is 16.2. The van der Waals surface area contributed by atoms with Crippen molar-refractivity contribution >= 4 is 28.5 Å². The maximum Gasteiger partial charge on any atom is 0.246 e. The van der Waals surface area contributed by atoms with Crippen LogP contribution in [0.15, 0.2) is 84.9 Å². The second-order valence-corrected chi connectivity index (χ2v) is 13.1. The Hall–Kier alpha value is -4.01. The van der Waals surface area contributed by atoms with Gasteiger partial charge in [-0.3, -0.25) is 19.8 Å². The van der Waals surface area contributed by atoms with Crippen molar-refractivity contribution in [3.8, 4) is 0 Å². The molecule has 1 saturated heterocycles. The molecule has 3 aromatic carbocycles. The molecular formula is C36H47N5O3. The SMILES string of the molecule is CN(C)NC(=O)C1(Cc2ccccc2)CCCN(C(=O)[C@@H](Cc2ccc3ccccc3c2)N(C)C(=O)C=CCC(C)(C)N)C1. The Morgan fingerprint density at radius 3 is 2.34 bits per heavy atom. The number of hydrogen-bond donors (Lipinski definition) is 2. The molecule has 1 heterocycles. The molecular weight excluding hydrogens is 550 g/mol. The molecule has 44 heavy (non-hydrogen) atoms. The molecule has 0 saturated carbocycles. The number of nitrogens with two attached hydrogens (primary N) is 1. The van der Waals surface area contributed by atoms with Crippen LogP contribution in [-0.2, 0) is 27.2 Å². The highest BCUT2D eigenvalue weighted by molar-refractivity contribution is 5.93. The Labute approximate surface area is 261 Å². The lowest BCUT2D eigenvalue weighted by atomic mass is 9.74. The molecule has 1 aliphatic rings. The minimum absolute atomic E-state index is 0.105. The lowest BCUT2D eigenvalue weighted by Crippen LogP contribution is -2.59. The number of piperidine rings is 1. The van der Waals surface area contributed by atoms with Crippen molar-refractivity contribution in [1.82, 2.24) is 20.2 Å². The zero-order valence-electron chi connectivity index (χ0n) is 26.8. The molecule has 0 aromatic heterocycles. The standard InChI is InChI=1S/C36H47N5O3/c1-35(2,37)20-11-17-32(42)40(5)31(24-28-18-19-29-15-9-10-16-30(29)23-28)33(43)41-22-12-21-36(26-41,34(44)38-39(3)4)25-27-13-7-6-8-14-27/h6-11,13-19,23,31H,12,20-22,24-26,37H2,1-5H3,(H,38,44)/t31-,36?/m1/s1. The van der Waals surface area contributed by atoms with E-state index in [4.69, 9.17) is 5.73 Å². The van der Waals surface area contributed by atoms with Crippen molar-refractivity contribution in [2.24, 2.45) is 11.1 Å². The molecule has 3 amide bonds. The number of rotatable bonds is 11. The van der Waals surface area contributed by atoms with E-state index in [1.165, 1.54) is 11.0 Å². The first-order valence-electron chi connectivity index (χ1n) is 15.4. The number of fused-ring (bicyclic) bond motifs is 1. The van der Waals surface area contributed by atoms with Gasteiger partial charge in [0, 0.05) is 46.2 Å². The zero-order valence-corrected chi connectivity index (χ0v) is 26.8. The van der Waals surface area contributed by atoms with Crippen LogP contribution >= 0.6 is 0 Å². The molecule has 8 nitrogen and oxygen atoms in total. The summed E-state index contributed by atoms with van der Waals surface area (Å²) in [6.45, 7) is 4.61. The van der Waals surface area contributed by atoms with Crippen molar-refractivity contribution in [3.05, 3.63) is 96.1 Å². The number of hydrogen-bond acceptors (Lipinski definition) is 5. The van der Waals surface area contributed by atoms with Crippen LogP contribution in [-0.4, -0.2) is 78.3 Å². The average molecular weight is 598 g/mol. The lowest BCUT2D eigenvalue weighted by Gasteiger charge is -2.44. The minimum atomic E-state index is -0.803. The van der Waals surface area contributed by atoms with E-state index in [0.717, 1.165) is 21.9 Å². The molecule has 3 N–H and O–H groups in total. The van der Waals surface area contributed by atoms with E-state index < -0.39 is 17.0 Å². The third-order valence-corrected chi connectivity index (χ3v) is 8.33. The Balaban J connectivity index is 1.65. The number of carbonyl (C=O) groups is 3. The summed E-state index contributed by atoms with van der Waals surface area (Å²) >= 11 is 0. The summed E-state index contributed by atoms with van der Waals surface area (Å²) in [4.78, 5) is 45.0. The smallest absolute Gasteiger partial charge is 0.246 e. The number of nitrogens with zero attached hydrogens (tertiary/aromatic N) is 3. The quantitative estimate of drug-likeness (QED) is 0.253. The van der Waals surface area contributed by atoms with Gasteiger partial charge in [0.1, 0.15) is 6.04 Å². The summed E-state index contributed by atoms with van der Waals surface area (Å²) in [6.07, 6.45) is 6.03. The van der Waals surface area contributed by atoms with E-state index in [2.05, 4.69) is 23.6 Å². The molecule has 0 radical (unpaired) electrons. The molecule has 0 aliphatic carbocycles. The fourth-order valence-electron chi connectivity index (χ4n) is 5.96. The van der Waals surface area contributed by atoms with Gasteiger partial charge in [0.15, 0.2) is 0 Å². The minimum Gasteiger partial charge on any atom is -0.340 e. The maximum absolute atomic E-state index is 14.5. The van der Waals surface area contributed by atoms with Gasteiger partial charge in [0.25, 0.3) is 0 Å². The summed E-state index contributed by atoms with van der Waals surface area (Å²) < 4.78 is 0. The third kappa shape index (κ3) is 8.55. The number of nitrogens with one attached hydrogen (secondary N) is 1. The Kier molecular flexibility index (Phi) is 10.6. The summed E-state index contributed by atoms with van der Waals surface area (Å²) in [5.41, 5.74) is 9.84. The number of likely N-dealkylation sites (N-methyl/N-ethyl adjacent to an activating group) is 1. The average Bonchev–Trinajstić information content (AvgIpc) is 2.98. The first kappa shape index (κ1) is 32.9. The van der Waals surface area contributed by atoms with Gasteiger partial charge < -0.3 is 15.5 Å². The number of hydrazine groups is 1. The zero-order chi connectivity index (χ0) is 31.9. The van der Waals surface area contributed by atoms with Crippen molar-refractivity contribution in [1.29, 1.82) is 0 Å². The maximum atomic E-state index is 14.5. The van der Waals surface area contributed by atoms with Gasteiger partial charge in [-0.2, -0.15) is 0 Å². The largest absolute Gasteiger partial charge is 0.340 e. The molecule has 0 bridgehead atoms. The molecule has 2 atom stereocenters. The van der Waals surface area contributed by atoms with Gasteiger partial charge in [0.05, 0.1) is 5.41 Å². The molecule has 234 valence electrons. The highest BCUT2D eigenvalue weighted by Gasteiger charge is 2.45. The molecule has 1 fully saturated rings. The van der Waals surface area contributed by atoms with Crippen LogP contribution in [0.1, 0.15) is 44.2 Å². The van der Waals surface area contributed by atoms with Crippen LogP contribution in [0.25, 0.3) is 10.8 Å². The van der Waals surface area contributed by atoms with Gasteiger partial charge in [-0.05, 0) is 67.5 Å². The van der Waals surface area contributed by atoms with E-state index in [9.17, 15) is 14.4 Å². The van der Waals surface area contributed by atoms with E-state index >= 15 is 0 Å². The van der Waals surface area contributed by atoms with Gasteiger partial charge >= 0.3 is 0 Å². The summed E-state index contributed by atoms with van der Waals surface area (Å²) in [7, 11) is 5.27. The Morgan fingerprint density at radius 1 is 0.977 bits per heavy atom. The fraction of sp³-hybridized carbons (Fsp3) is 0.417. The van der Waals surface area contributed by atoms with E-state index in [1.807, 2.05) is 68.4 Å². The molecule has 1 aliphatic heterocycles. The van der Waals surface area contributed by atoms with Gasteiger partial charge in [-0.1, -0.05) is 78.9 Å². The molecule has 4 rings (SSSR count).